The van der Waals surface area contributed by atoms with Gasteiger partial charge in [-0.15, -0.1) is 0 Å². The molecule has 1 unspecified atom stereocenters. The van der Waals surface area contributed by atoms with Crippen molar-refractivity contribution >= 4 is 29.3 Å². The second-order valence-corrected chi connectivity index (χ2v) is 16.2. The van der Waals surface area contributed by atoms with Gasteiger partial charge in [0.1, 0.15) is 24.1 Å². The number of amides is 4. The molecule has 4 heterocycles. The number of carbonyl (C=O) groups excluding carboxylic acids is 4. The van der Waals surface area contributed by atoms with Crippen LogP contribution in [0.5, 0.6) is 11.5 Å². The minimum atomic E-state index is -0.967. The third-order valence-corrected chi connectivity index (χ3v) is 11.4. The lowest BCUT2D eigenvalue weighted by molar-refractivity contribution is -0.136. The number of anilines is 1. The van der Waals surface area contributed by atoms with Crippen LogP contribution in [0.3, 0.4) is 0 Å². The minimum absolute atomic E-state index is 0.0934. The Bertz CT molecular complexity index is 2300. The van der Waals surface area contributed by atoms with Gasteiger partial charge in [0, 0.05) is 55.9 Å². The summed E-state index contributed by atoms with van der Waals surface area (Å²) in [6.45, 7) is 7.63. The molecule has 5 aromatic rings. The molecule has 3 aromatic carbocycles. The van der Waals surface area contributed by atoms with E-state index in [0.29, 0.717) is 32.3 Å². The van der Waals surface area contributed by atoms with E-state index in [0.717, 1.165) is 72.9 Å². The van der Waals surface area contributed by atoms with Gasteiger partial charge in [-0.1, -0.05) is 63.8 Å². The predicted molar refractivity (Wildman–Crippen MR) is 233 cm³/mol. The maximum Gasteiger partial charge on any atom is 0.262 e. The Kier molecular flexibility index (Phi) is 14.7. The maximum absolute atomic E-state index is 13.0. The molecular formula is C48H55N7O7. The van der Waals surface area contributed by atoms with Gasteiger partial charge in [-0.05, 0) is 97.8 Å². The first kappa shape index (κ1) is 43.7. The highest BCUT2D eigenvalue weighted by atomic mass is 16.5. The van der Waals surface area contributed by atoms with E-state index in [2.05, 4.69) is 75.9 Å². The molecular weight excluding hydrogens is 787 g/mol. The van der Waals surface area contributed by atoms with E-state index >= 15 is 0 Å². The summed E-state index contributed by atoms with van der Waals surface area (Å²) >= 11 is 0. The molecule has 0 spiro atoms. The summed E-state index contributed by atoms with van der Waals surface area (Å²) in [5.41, 5.74) is 4.26. The third-order valence-electron chi connectivity index (χ3n) is 11.4. The number of fused-ring (bicyclic) bond motifs is 1. The highest BCUT2D eigenvalue weighted by Gasteiger charge is 2.44. The zero-order valence-electron chi connectivity index (χ0n) is 35.5. The highest BCUT2D eigenvalue weighted by Crippen LogP contribution is 2.34. The van der Waals surface area contributed by atoms with Crippen LogP contribution in [0.2, 0.25) is 0 Å². The average molecular weight is 842 g/mol. The number of hydrogen-bond donors (Lipinski definition) is 2. The van der Waals surface area contributed by atoms with Gasteiger partial charge in [0.15, 0.2) is 0 Å². The lowest BCUT2D eigenvalue weighted by Crippen LogP contribution is -2.54. The van der Waals surface area contributed by atoms with Crippen molar-refractivity contribution < 1.29 is 33.4 Å². The Labute approximate surface area is 362 Å². The fraction of sp³-hybridized carbons (Fsp3) is 0.396. The number of benzene rings is 3. The van der Waals surface area contributed by atoms with E-state index in [4.69, 9.17) is 14.2 Å². The van der Waals surface area contributed by atoms with Crippen LogP contribution in [0, 0.1) is 0 Å². The number of rotatable bonds is 23. The van der Waals surface area contributed by atoms with Gasteiger partial charge in [0.25, 0.3) is 17.8 Å². The number of aromatic nitrogens is 4. The van der Waals surface area contributed by atoms with Crippen molar-refractivity contribution in [3.05, 3.63) is 125 Å². The molecule has 62 heavy (non-hydrogen) atoms. The van der Waals surface area contributed by atoms with Crippen molar-refractivity contribution in [1.82, 2.24) is 30.0 Å². The van der Waals surface area contributed by atoms with Crippen molar-refractivity contribution in [2.75, 3.05) is 31.7 Å². The van der Waals surface area contributed by atoms with E-state index < -0.39 is 29.7 Å². The van der Waals surface area contributed by atoms with Crippen LogP contribution in [-0.4, -0.2) is 80.7 Å². The van der Waals surface area contributed by atoms with Crippen LogP contribution in [0.1, 0.15) is 116 Å². The lowest BCUT2D eigenvalue weighted by atomic mass is 9.78. The summed E-state index contributed by atoms with van der Waals surface area (Å²) in [5.74, 6) is 0.160. The van der Waals surface area contributed by atoms with Gasteiger partial charge in [0.05, 0.1) is 23.4 Å². The second-order valence-electron chi connectivity index (χ2n) is 16.2. The highest BCUT2D eigenvalue weighted by molar-refractivity contribution is 6.23. The van der Waals surface area contributed by atoms with E-state index in [1.165, 1.54) is 24.0 Å². The first-order valence-electron chi connectivity index (χ1n) is 21.6. The Hall–Kier alpha value is -6.41. The SMILES string of the molecule is CC(C)(c1ccc(OCCCCCCCCOCCCCNc2ccc3c(c2)C(=O)N(C2CCC(=O)NC2=O)C3=O)cc1)c1ccc(OCc2ccnc(-n3cccn3)n2)cc1. The van der Waals surface area contributed by atoms with Crippen LogP contribution in [0.15, 0.2) is 97.5 Å². The first-order chi connectivity index (χ1) is 30.2. The summed E-state index contributed by atoms with van der Waals surface area (Å²) in [4.78, 5) is 59.6. The van der Waals surface area contributed by atoms with Gasteiger partial charge in [0.2, 0.25) is 11.8 Å². The summed E-state index contributed by atoms with van der Waals surface area (Å²) in [6.07, 6.45) is 14.0. The predicted octanol–water partition coefficient (Wildman–Crippen LogP) is 7.60. The van der Waals surface area contributed by atoms with E-state index in [1.807, 2.05) is 24.3 Å². The number of carbonyl (C=O) groups is 4. The molecule has 324 valence electrons. The van der Waals surface area contributed by atoms with Crippen molar-refractivity contribution in [1.29, 1.82) is 0 Å². The molecule has 2 aromatic heterocycles. The molecule has 2 N–H and O–H groups in total. The lowest BCUT2D eigenvalue weighted by Gasteiger charge is -2.27. The van der Waals surface area contributed by atoms with Crippen LogP contribution in [0.25, 0.3) is 5.95 Å². The molecule has 0 aliphatic carbocycles. The van der Waals surface area contributed by atoms with E-state index in [9.17, 15) is 19.2 Å². The molecule has 0 saturated carbocycles. The van der Waals surface area contributed by atoms with E-state index in [-0.39, 0.29) is 29.4 Å². The molecule has 14 heteroatoms. The van der Waals surface area contributed by atoms with Crippen molar-refractivity contribution in [2.24, 2.45) is 0 Å². The van der Waals surface area contributed by atoms with Crippen LogP contribution < -0.4 is 20.1 Å². The standard InChI is InChI=1S/C48H55N7O7/c1-48(2,35-14-19-39(20-15-35)62-33-37-24-27-50-47(52-37)54-28-11-26-51-54)34-12-17-38(18-13-34)61-31-9-6-4-3-5-8-29-60-30-10-7-25-49-36-16-21-40-41(32-36)46(59)55(45(40)58)42-22-23-43(56)53-44(42)57/h11-21,24,26-28,32,42,49H,3-10,22-23,25,29-31,33H2,1-2H3,(H,53,56,57). The number of hydrogen-bond acceptors (Lipinski definition) is 11. The zero-order valence-corrected chi connectivity index (χ0v) is 35.5. The van der Waals surface area contributed by atoms with Gasteiger partial charge >= 0.3 is 0 Å². The number of imide groups is 2. The molecule has 2 aliphatic heterocycles. The smallest absolute Gasteiger partial charge is 0.262 e. The summed E-state index contributed by atoms with van der Waals surface area (Å²) in [6, 6.07) is 24.4. The molecule has 2 aliphatic rings. The summed E-state index contributed by atoms with van der Waals surface area (Å²) in [5, 5.41) is 9.72. The minimum Gasteiger partial charge on any atom is -0.494 e. The van der Waals surface area contributed by atoms with Crippen molar-refractivity contribution in [3.8, 4) is 17.4 Å². The van der Waals surface area contributed by atoms with Crippen LogP contribution in [0.4, 0.5) is 5.69 Å². The van der Waals surface area contributed by atoms with Gasteiger partial charge in [-0.3, -0.25) is 29.4 Å². The second kappa shape index (κ2) is 20.9. The fourth-order valence-electron chi connectivity index (χ4n) is 7.67. The number of ether oxygens (including phenoxy) is 3. The number of nitrogens with zero attached hydrogens (tertiary/aromatic N) is 5. The topological polar surface area (TPSA) is 167 Å². The average Bonchev–Trinajstić information content (AvgIpc) is 3.91. The molecule has 14 nitrogen and oxygen atoms in total. The van der Waals surface area contributed by atoms with Gasteiger partial charge < -0.3 is 19.5 Å². The Morgan fingerprint density at radius 1 is 0.742 bits per heavy atom. The van der Waals surface area contributed by atoms with E-state index in [1.54, 1.807) is 41.5 Å². The Balaban J connectivity index is 0.698. The number of unbranched alkanes of at least 4 members (excludes halogenated alkanes) is 6. The van der Waals surface area contributed by atoms with Crippen molar-refractivity contribution in [3.63, 3.8) is 0 Å². The van der Waals surface area contributed by atoms with Crippen LogP contribution in [-0.2, 0) is 26.3 Å². The summed E-state index contributed by atoms with van der Waals surface area (Å²) in [7, 11) is 0. The molecule has 1 fully saturated rings. The van der Waals surface area contributed by atoms with Crippen LogP contribution >= 0.6 is 0 Å². The number of piperidine rings is 1. The van der Waals surface area contributed by atoms with Gasteiger partial charge in [-0.25, -0.2) is 14.6 Å². The van der Waals surface area contributed by atoms with Crippen molar-refractivity contribution in [2.45, 2.75) is 96.1 Å². The Morgan fingerprint density at radius 3 is 2.10 bits per heavy atom. The molecule has 1 saturated heterocycles. The maximum atomic E-state index is 13.0. The third kappa shape index (κ3) is 11.1. The monoisotopic (exact) mass is 841 g/mol. The molecule has 7 rings (SSSR count). The number of nitrogens with one attached hydrogen (secondary N) is 2. The fourth-order valence-corrected chi connectivity index (χ4v) is 7.67. The quantitative estimate of drug-likeness (QED) is 0.0491. The molecule has 4 amide bonds. The Morgan fingerprint density at radius 2 is 1.40 bits per heavy atom. The zero-order chi connectivity index (χ0) is 43.3. The van der Waals surface area contributed by atoms with Gasteiger partial charge in [-0.2, -0.15) is 5.10 Å². The summed E-state index contributed by atoms with van der Waals surface area (Å²) < 4.78 is 19.6. The molecule has 1 atom stereocenters. The largest absolute Gasteiger partial charge is 0.494 e. The normalized spacial score (nSPS) is 15.1. The molecule has 0 radical (unpaired) electrons. The molecule has 0 bridgehead atoms. The first-order valence-corrected chi connectivity index (χ1v) is 21.6.